The third-order valence-electron chi connectivity index (χ3n) is 11.7. The van der Waals surface area contributed by atoms with Crippen molar-refractivity contribution in [3.63, 3.8) is 0 Å². The molecule has 3 heterocycles. The Kier molecular flexibility index (Phi) is 13.6. The first-order chi connectivity index (χ1) is 26.4. The molecule has 3 aromatic carbocycles. The average molecular weight is 795 g/mol. The van der Waals surface area contributed by atoms with Gasteiger partial charge in [-0.25, -0.2) is 8.42 Å². The third kappa shape index (κ3) is 10.1. The Balaban J connectivity index is 1.32. The number of halogens is 1. The molecule has 6 atom stereocenters. The number of nitrogens with zero attached hydrogens (tertiary/aromatic N) is 1. The van der Waals surface area contributed by atoms with Crippen LogP contribution < -0.4 is 16.0 Å². The fourth-order valence-electron chi connectivity index (χ4n) is 8.54. The number of carboxylic acids is 3. The molecule has 0 radical (unpaired) electrons. The molecule has 3 aromatic rings. The molecule has 3 aliphatic rings. The summed E-state index contributed by atoms with van der Waals surface area (Å²) in [5.41, 5.74) is 3.20. The first-order valence-corrected chi connectivity index (χ1v) is 21.0. The molecule has 0 aliphatic carbocycles. The van der Waals surface area contributed by atoms with Crippen molar-refractivity contribution in [1.82, 2.24) is 20.3 Å². The van der Waals surface area contributed by atoms with Gasteiger partial charge in [0.2, 0.25) is 10.0 Å². The number of rotatable bonds is 18. The van der Waals surface area contributed by atoms with E-state index in [-0.39, 0.29) is 48.6 Å². The summed E-state index contributed by atoms with van der Waals surface area (Å²) in [5.74, 6) is -4.70. The second-order valence-electron chi connectivity index (χ2n) is 15.3. The van der Waals surface area contributed by atoms with Crippen LogP contribution in [0.2, 0.25) is 5.02 Å². The number of benzene rings is 3. The number of hydrogen-bond acceptors (Lipinski definition) is 8. The van der Waals surface area contributed by atoms with E-state index in [1.165, 1.54) is 10.4 Å². The molecule has 0 amide bonds. The van der Waals surface area contributed by atoms with Gasteiger partial charge in [0.1, 0.15) is 0 Å². The van der Waals surface area contributed by atoms with Gasteiger partial charge in [-0.15, -0.1) is 0 Å². The maximum Gasteiger partial charge on any atom is 0.307 e. The SMILES string of the molecule is O=C(O)[C@@H](Cc1cccc(CN(Cc2cccc(C[C@H](C(=O)O)[C@H]3CCNC3)c2Cl)S(=O)(=O)c2cccc(C[C@H](C(=O)O)[C@H]3CCNC3)c2)c1)[C@H]1CCNC1. The first-order valence-electron chi connectivity index (χ1n) is 19.1. The van der Waals surface area contributed by atoms with E-state index in [9.17, 15) is 38.1 Å². The molecule has 0 saturated carbocycles. The Morgan fingerprint density at radius 2 is 1.09 bits per heavy atom. The molecule has 3 saturated heterocycles. The Bertz CT molecular complexity index is 1940. The van der Waals surface area contributed by atoms with Gasteiger partial charge in [-0.3, -0.25) is 14.4 Å². The zero-order chi connectivity index (χ0) is 39.1. The quantitative estimate of drug-likeness (QED) is 0.108. The van der Waals surface area contributed by atoms with Gasteiger partial charge in [0.15, 0.2) is 0 Å². The fourth-order valence-corrected chi connectivity index (χ4v) is 10.3. The maximum absolute atomic E-state index is 14.7. The third-order valence-corrected chi connectivity index (χ3v) is 14.0. The van der Waals surface area contributed by atoms with E-state index in [1.807, 2.05) is 24.3 Å². The Morgan fingerprint density at radius 1 is 0.636 bits per heavy atom. The van der Waals surface area contributed by atoms with Crippen molar-refractivity contribution >= 4 is 39.5 Å². The minimum absolute atomic E-state index is 0.00367. The van der Waals surface area contributed by atoms with Crippen molar-refractivity contribution in [3.8, 4) is 0 Å². The van der Waals surface area contributed by atoms with E-state index in [1.54, 1.807) is 36.4 Å². The lowest BCUT2D eigenvalue weighted by atomic mass is 9.86. The molecule has 0 spiro atoms. The predicted octanol–water partition coefficient (Wildman–Crippen LogP) is 4.29. The van der Waals surface area contributed by atoms with E-state index in [0.717, 1.165) is 44.5 Å². The van der Waals surface area contributed by atoms with Crippen LogP contribution in [0.1, 0.15) is 47.1 Å². The van der Waals surface area contributed by atoms with Crippen LogP contribution in [0.4, 0.5) is 0 Å². The topological polar surface area (TPSA) is 185 Å². The van der Waals surface area contributed by atoms with Crippen molar-refractivity contribution in [2.24, 2.45) is 35.5 Å². The molecule has 3 fully saturated rings. The predicted molar refractivity (Wildman–Crippen MR) is 208 cm³/mol. The van der Waals surface area contributed by atoms with Crippen LogP contribution in [0.25, 0.3) is 0 Å². The largest absolute Gasteiger partial charge is 0.481 e. The van der Waals surface area contributed by atoms with Crippen molar-refractivity contribution < 1.29 is 38.1 Å². The zero-order valence-electron chi connectivity index (χ0n) is 30.8. The molecule has 12 nitrogen and oxygen atoms in total. The zero-order valence-corrected chi connectivity index (χ0v) is 32.4. The molecule has 296 valence electrons. The highest BCUT2D eigenvalue weighted by atomic mass is 35.5. The van der Waals surface area contributed by atoms with Crippen molar-refractivity contribution in [2.75, 3.05) is 39.3 Å². The average Bonchev–Trinajstić information content (AvgIpc) is 3.98. The summed E-state index contributed by atoms with van der Waals surface area (Å²) < 4.78 is 30.8. The van der Waals surface area contributed by atoms with Crippen LogP contribution in [0.15, 0.2) is 71.6 Å². The summed E-state index contributed by atoms with van der Waals surface area (Å²) in [6, 6.07) is 19.1. The van der Waals surface area contributed by atoms with Crippen molar-refractivity contribution in [1.29, 1.82) is 0 Å². The van der Waals surface area contributed by atoms with Gasteiger partial charge < -0.3 is 31.3 Å². The second kappa shape index (κ2) is 18.4. The number of carbonyl (C=O) groups is 3. The number of aliphatic carboxylic acids is 3. The summed E-state index contributed by atoms with van der Waals surface area (Å²) in [6.45, 7) is 3.93. The second-order valence-corrected chi connectivity index (χ2v) is 17.7. The molecule has 0 bridgehead atoms. The molecule has 55 heavy (non-hydrogen) atoms. The highest BCUT2D eigenvalue weighted by molar-refractivity contribution is 7.89. The van der Waals surface area contributed by atoms with Gasteiger partial charge in [-0.1, -0.05) is 66.2 Å². The smallest absolute Gasteiger partial charge is 0.307 e. The van der Waals surface area contributed by atoms with Crippen molar-refractivity contribution in [3.05, 3.63) is 99.6 Å². The highest BCUT2D eigenvalue weighted by Gasteiger charge is 2.34. The molecule has 3 aliphatic heterocycles. The van der Waals surface area contributed by atoms with Gasteiger partial charge in [0, 0.05) is 18.1 Å². The molecule has 14 heteroatoms. The lowest BCUT2D eigenvalue weighted by Gasteiger charge is -2.25. The normalized spacial score (nSPS) is 21.7. The van der Waals surface area contributed by atoms with E-state index in [4.69, 9.17) is 11.6 Å². The number of sulfonamides is 1. The fraction of sp³-hybridized carbons (Fsp3) is 0.488. The molecular formula is C41H51ClN4O8S. The van der Waals surface area contributed by atoms with E-state index in [0.29, 0.717) is 53.3 Å². The van der Waals surface area contributed by atoms with E-state index < -0.39 is 45.7 Å². The van der Waals surface area contributed by atoms with Crippen molar-refractivity contribution in [2.45, 2.75) is 56.5 Å². The summed E-state index contributed by atoms with van der Waals surface area (Å²) in [6.07, 6.45) is 2.94. The van der Waals surface area contributed by atoms with Gasteiger partial charge in [-0.05, 0) is 135 Å². The summed E-state index contributed by atoms with van der Waals surface area (Å²) in [7, 11) is -4.23. The number of carboxylic acid groups (broad SMARTS) is 3. The molecule has 0 unspecified atom stereocenters. The van der Waals surface area contributed by atoms with Crippen LogP contribution in [0.5, 0.6) is 0 Å². The minimum atomic E-state index is -4.23. The van der Waals surface area contributed by atoms with E-state index in [2.05, 4.69) is 16.0 Å². The van der Waals surface area contributed by atoms with Gasteiger partial charge >= 0.3 is 17.9 Å². The maximum atomic E-state index is 14.7. The minimum Gasteiger partial charge on any atom is -0.481 e. The van der Waals surface area contributed by atoms with Crippen LogP contribution in [-0.2, 0) is 56.8 Å². The molecule has 0 aromatic heterocycles. The van der Waals surface area contributed by atoms with Gasteiger partial charge in [0.25, 0.3) is 0 Å². The standard InChI is InChI=1S/C41H51ClN4O8S/c42-38-29(20-37(41(51)52)32-12-15-45-23-32)7-3-8-33(38)25-46(24-28-6-1-4-26(16-28)18-35(39(47)48)30-10-13-43-21-30)55(53,54)34-9-2-5-27(17-34)19-36(40(49)50)31-11-14-44-22-31/h1-9,16-17,30-32,35-37,43-45H,10-15,18-25H2,(H,47,48)(H,49,50)(H,51,52)/t30-,31-,32-,35-,36-,37-/m0/s1. The summed E-state index contributed by atoms with van der Waals surface area (Å²) >= 11 is 7.00. The lowest BCUT2D eigenvalue weighted by molar-refractivity contribution is -0.144. The van der Waals surface area contributed by atoms with E-state index >= 15 is 0 Å². The Hall–Kier alpha value is -3.85. The summed E-state index contributed by atoms with van der Waals surface area (Å²) in [5, 5.41) is 40.3. The van der Waals surface area contributed by atoms with Gasteiger partial charge in [-0.2, -0.15) is 4.31 Å². The van der Waals surface area contributed by atoms with Crippen LogP contribution in [0, 0.1) is 35.5 Å². The number of hydrogen-bond donors (Lipinski definition) is 6. The van der Waals surface area contributed by atoms with Crippen LogP contribution >= 0.6 is 11.6 Å². The van der Waals surface area contributed by atoms with Crippen LogP contribution in [0.3, 0.4) is 0 Å². The number of nitrogens with one attached hydrogen (secondary N) is 3. The highest BCUT2D eigenvalue weighted by Crippen LogP contribution is 2.32. The molecule has 6 N–H and O–H groups in total. The van der Waals surface area contributed by atoms with Crippen LogP contribution in [-0.4, -0.2) is 85.2 Å². The molecule has 6 rings (SSSR count). The first kappa shape index (κ1) is 40.8. The summed E-state index contributed by atoms with van der Waals surface area (Å²) in [4.78, 5) is 36.9. The monoisotopic (exact) mass is 794 g/mol. The van der Waals surface area contributed by atoms with Gasteiger partial charge in [0.05, 0.1) is 22.6 Å². The molecular weight excluding hydrogens is 744 g/mol. The lowest BCUT2D eigenvalue weighted by Crippen LogP contribution is -2.31. The Labute approximate surface area is 327 Å². The Morgan fingerprint density at radius 3 is 1.60 bits per heavy atom.